The van der Waals surface area contributed by atoms with Crippen molar-refractivity contribution in [1.82, 2.24) is 24.6 Å². The first-order valence-corrected chi connectivity index (χ1v) is 11.3. The van der Waals surface area contributed by atoms with Crippen LogP contribution in [0.15, 0.2) is 36.5 Å². The van der Waals surface area contributed by atoms with Gasteiger partial charge in [-0.25, -0.2) is 4.98 Å². The zero-order chi connectivity index (χ0) is 23.9. The van der Waals surface area contributed by atoms with E-state index in [9.17, 15) is 13.2 Å². The van der Waals surface area contributed by atoms with Gasteiger partial charge in [-0.3, -0.25) is 9.47 Å². The van der Waals surface area contributed by atoms with Crippen LogP contribution < -0.4 is 4.90 Å². The summed E-state index contributed by atoms with van der Waals surface area (Å²) in [6.07, 6.45) is -1.12. The number of hydrogen-bond donors (Lipinski definition) is 0. The number of fused-ring (bicyclic) bond motifs is 3. The molecule has 0 radical (unpaired) electrons. The van der Waals surface area contributed by atoms with Crippen LogP contribution in [-0.4, -0.2) is 50.5 Å². The van der Waals surface area contributed by atoms with Crippen molar-refractivity contribution in [1.29, 1.82) is 5.26 Å². The van der Waals surface area contributed by atoms with Crippen molar-refractivity contribution >= 4 is 17.4 Å². The number of aromatic nitrogens is 4. The lowest BCUT2D eigenvalue weighted by molar-refractivity contribution is -0.148. The number of halogens is 4. The molecule has 34 heavy (non-hydrogen) atoms. The van der Waals surface area contributed by atoms with Gasteiger partial charge in [0.2, 0.25) is 0 Å². The monoisotopic (exact) mass is 487 g/mol. The van der Waals surface area contributed by atoms with E-state index in [0.29, 0.717) is 22.0 Å². The lowest BCUT2D eigenvalue weighted by Gasteiger charge is -2.32. The zero-order valence-electron chi connectivity index (χ0n) is 18.1. The first-order chi connectivity index (χ1) is 16.3. The Balaban J connectivity index is 1.43. The first kappa shape index (κ1) is 22.6. The Hall–Kier alpha value is -3.16. The molecular weight excluding hydrogens is 467 g/mol. The normalized spacial score (nSPS) is 17.1. The van der Waals surface area contributed by atoms with E-state index in [2.05, 4.69) is 26.2 Å². The molecule has 0 bridgehead atoms. The van der Waals surface area contributed by atoms with Crippen LogP contribution in [0.2, 0.25) is 5.02 Å². The summed E-state index contributed by atoms with van der Waals surface area (Å²) in [5, 5.41) is 18.4. The van der Waals surface area contributed by atoms with Gasteiger partial charge in [0.25, 0.3) is 0 Å². The number of piperidine rings is 1. The third kappa shape index (κ3) is 4.58. The summed E-state index contributed by atoms with van der Waals surface area (Å²) in [7, 11) is 0. The highest BCUT2D eigenvalue weighted by Crippen LogP contribution is 2.35. The molecule has 1 aromatic carbocycles. The van der Waals surface area contributed by atoms with E-state index in [1.807, 2.05) is 10.6 Å². The number of nitrogens with zero attached hydrogens (tertiary/aromatic N) is 7. The van der Waals surface area contributed by atoms with Gasteiger partial charge in [0.05, 0.1) is 30.4 Å². The van der Waals surface area contributed by atoms with Crippen molar-refractivity contribution in [3.63, 3.8) is 0 Å². The lowest BCUT2D eigenvalue weighted by atomic mass is 9.95. The number of benzene rings is 1. The molecule has 0 saturated carbocycles. The van der Waals surface area contributed by atoms with Crippen LogP contribution >= 0.6 is 11.6 Å². The van der Waals surface area contributed by atoms with Crippen LogP contribution in [0.4, 0.5) is 19.0 Å². The van der Waals surface area contributed by atoms with Gasteiger partial charge in [-0.05, 0) is 48.7 Å². The Bertz CT molecular complexity index is 1240. The molecule has 0 spiro atoms. The predicted molar refractivity (Wildman–Crippen MR) is 120 cm³/mol. The maximum absolute atomic E-state index is 13.2. The van der Waals surface area contributed by atoms with E-state index >= 15 is 0 Å². The van der Waals surface area contributed by atoms with Crippen molar-refractivity contribution < 1.29 is 13.2 Å². The van der Waals surface area contributed by atoms with E-state index in [-0.39, 0.29) is 19.0 Å². The molecule has 0 aliphatic carbocycles. The Morgan fingerprint density at radius 1 is 1.09 bits per heavy atom. The molecule has 2 aliphatic heterocycles. The highest BCUT2D eigenvalue weighted by Gasteiger charge is 2.35. The van der Waals surface area contributed by atoms with Crippen molar-refractivity contribution in [2.45, 2.75) is 38.0 Å². The maximum atomic E-state index is 13.2. The number of nitriles is 1. The highest BCUT2D eigenvalue weighted by molar-refractivity contribution is 6.30. The second-order valence-electron chi connectivity index (χ2n) is 8.62. The average Bonchev–Trinajstić information content (AvgIpc) is 3.15. The van der Waals surface area contributed by atoms with Gasteiger partial charge in [0, 0.05) is 36.8 Å². The van der Waals surface area contributed by atoms with E-state index < -0.39 is 12.7 Å². The SMILES string of the molecule is N#Cc1ccnc(N2CCC(c3nnc4n3-c3ccc(Cl)cc3CN(CC(F)(F)F)C4)CC2)c1. The van der Waals surface area contributed by atoms with E-state index in [0.717, 1.165) is 43.3 Å². The summed E-state index contributed by atoms with van der Waals surface area (Å²) in [5.41, 5.74) is 2.05. The minimum atomic E-state index is -4.32. The minimum absolute atomic E-state index is 0.0442. The Kier molecular flexibility index (Phi) is 5.91. The number of pyridine rings is 1. The molecule has 4 heterocycles. The minimum Gasteiger partial charge on any atom is -0.357 e. The van der Waals surface area contributed by atoms with Crippen LogP contribution in [0.5, 0.6) is 0 Å². The summed E-state index contributed by atoms with van der Waals surface area (Å²) in [5.74, 6) is 2.10. The van der Waals surface area contributed by atoms with Gasteiger partial charge in [-0.15, -0.1) is 10.2 Å². The quantitative estimate of drug-likeness (QED) is 0.543. The highest BCUT2D eigenvalue weighted by atomic mass is 35.5. The molecule has 1 fully saturated rings. The first-order valence-electron chi connectivity index (χ1n) is 10.9. The largest absolute Gasteiger partial charge is 0.401 e. The van der Waals surface area contributed by atoms with Crippen molar-refractivity contribution in [2.24, 2.45) is 0 Å². The number of rotatable bonds is 3. The van der Waals surface area contributed by atoms with Gasteiger partial charge in [0.15, 0.2) is 5.82 Å². The Labute approximate surface area is 199 Å². The molecule has 7 nitrogen and oxygen atoms in total. The fourth-order valence-corrected chi connectivity index (χ4v) is 4.94. The van der Waals surface area contributed by atoms with Crippen LogP contribution in [0.1, 0.15) is 41.5 Å². The summed E-state index contributed by atoms with van der Waals surface area (Å²) in [6, 6.07) is 10.9. The van der Waals surface area contributed by atoms with E-state index in [1.165, 1.54) is 4.90 Å². The number of anilines is 1. The molecule has 3 aromatic rings. The topological polar surface area (TPSA) is 73.9 Å². The van der Waals surface area contributed by atoms with Gasteiger partial charge in [-0.2, -0.15) is 18.4 Å². The fourth-order valence-electron chi connectivity index (χ4n) is 4.75. The van der Waals surface area contributed by atoms with Crippen molar-refractivity contribution in [3.8, 4) is 11.8 Å². The molecule has 1 saturated heterocycles. The van der Waals surface area contributed by atoms with Crippen LogP contribution in [0.3, 0.4) is 0 Å². The zero-order valence-corrected chi connectivity index (χ0v) is 18.9. The smallest absolute Gasteiger partial charge is 0.357 e. The molecule has 2 aliphatic rings. The summed E-state index contributed by atoms with van der Waals surface area (Å²) in [4.78, 5) is 7.85. The maximum Gasteiger partial charge on any atom is 0.401 e. The lowest BCUT2D eigenvalue weighted by Crippen LogP contribution is -2.34. The molecule has 0 unspecified atom stereocenters. The van der Waals surface area contributed by atoms with Crippen molar-refractivity contribution in [2.75, 3.05) is 24.5 Å². The van der Waals surface area contributed by atoms with Crippen LogP contribution in [-0.2, 0) is 13.1 Å². The second kappa shape index (κ2) is 8.89. The van der Waals surface area contributed by atoms with Gasteiger partial charge < -0.3 is 4.90 Å². The second-order valence-corrected chi connectivity index (χ2v) is 9.06. The van der Waals surface area contributed by atoms with Gasteiger partial charge >= 0.3 is 6.18 Å². The number of hydrogen-bond acceptors (Lipinski definition) is 6. The molecule has 0 N–H and O–H groups in total. The molecular formula is C23H21ClF3N7. The van der Waals surface area contributed by atoms with Crippen LogP contribution in [0, 0.1) is 11.3 Å². The third-order valence-electron chi connectivity index (χ3n) is 6.26. The average molecular weight is 488 g/mol. The Morgan fingerprint density at radius 2 is 1.88 bits per heavy atom. The molecule has 2 aromatic heterocycles. The standard InChI is InChI=1S/C23H21ClF3N7/c24-18-1-2-19-17(10-18)12-32(14-23(25,26)27)13-21-30-31-22(34(19)21)16-4-7-33(8-5-16)20-9-15(11-28)3-6-29-20/h1-3,6,9-10,16H,4-5,7-8,12-14H2. The molecule has 0 amide bonds. The number of alkyl halides is 3. The Morgan fingerprint density at radius 3 is 2.62 bits per heavy atom. The van der Waals surface area contributed by atoms with E-state index in [4.69, 9.17) is 16.9 Å². The van der Waals surface area contributed by atoms with E-state index in [1.54, 1.807) is 30.5 Å². The van der Waals surface area contributed by atoms with Crippen LogP contribution in [0.25, 0.3) is 5.69 Å². The van der Waals surface area contributed by atoms with Gasteiger partial charge in [-0.1, -0.05) is 11.6 Å². The van der Waals surface area contributed by atoms with Gasteiger partial charge in [0.1, 0.15) is 11.6 Å². The molecule has 176 valence electrons. The third-order valence-corrected chi connectivity index (χ3v) is 6.49. The molecule has 5 rings (SSSR count). The van der Waals surface area contributed by atoms with Crippen molar-refractivity contribution in [3.05, 3.63) is 64.3 Å². The summed E-state index contributed by atoms with van der Waals surface area (Å²) >= 11 is 6.18. The summed E-state index contributed by atoms with van der Waals surface area (Å²) in [6.45, 7) is 0.583. The fraction of sp³-hybridized carbons (Fsp3) is 0.391. The summed E-state index contributed by atoms with van der Waals surface area (Å²) < 4.78 is 41.5. The predicted octanol–water partition coefficient (Wildman–Crippen LogP) is 4.45. The molecule has 11 heteroatoms. The molecule has 0 atom stereocenters.